The number of ether oxygens (including phenoxy) is 4. The van der Waals surface area contributed by atoms with Gasteiger partial charge in [-0.2, -0.15) is 0 Å². The summed E-state index contributed by atoms with van der Waals surface area (Å²) in [5.41, 5.74) is 6.73. The maximum absolute atomic E-state index is 14.8. The van der Waals surface area contributed by atoms with Gasteiger partial charge in [-0.05, 0) is 136 Å². The van der Waals surface area contributed by atoms with E-state index in [-0.39, 0.29) is 46.7 Å². The Morgan fingerprint density at radius 1 is 0.548 bits per heavy atom. The molecule has 13 rings (SSSR count). The van der Waals surface area contributed by atoms with Gasteiger partial charge in [0.25, 0.3) is 0 Å². The Morgan fingerprint density at radius 2 is 0.968 bits per heavy atom. The first-order valence-electron chi connectivity index (χ1n) is 25.5. The van der Waals surface area contributed by atoms with Gasteiger partial charge in [0.1, 0.15) is 11.6 Å². The highest BCUT2D eigenvalue weighted by Crippen LogP contribution is 2.70. The van der Waals surface area contributed by atoms with Gasteiger partial charge < -0.3 is 18.9 Å². The Labute approximate surface area is 369 Å². The predicted molar refractivity (Wildman–Crippen MR) is 233 cm³/mol. The van der Waals surface area contributed by atoms with Crippen LogP contribution in [0.15, 0.2) is 23.3 Å². The molecule has 0 aromatic carbocycles. The molecule has 5 heterocycles. The van der Waals surface area contributed by atoms with Crippen LogP contribution in [0.25, 0.3) is 0 Å². The number of carbonyl (C=O) groups excluding carboxylic acids is 2. The molecule has 8 heteroatoms. The lowest BCUT2D eigenvalue weighted by atomic mass is 9.45. The fraction of sp³-hybridized carbons (Fsp3) is 0.815. The molecule has 0 N–H and O–H groups in total. The predicted octanol–water partition coefficient (Wildman–Crippen LogP) is 9.40. The molecule has 0 bridgehead atoms. The molecule has 0 amide bonds. The highest BCUT2D eigenvalue weighted by atomic mass is 16.7. The number of hydrogen-bond acceptors (Lipinski definition) is 8. The maximum Gasteiger partial charge on any atom is 0.172 e. The molecule has 62 heavy (non-hydrogen) atoms. The van der Waals surface area contributed by atoms with E-state index in [0.717, 1.165) is 77.4 Å². The molecular formula is C54H72N2O6. The standard InChI is InChI=1S/C54H72N2O6/c1-27-13-15-53(59-25-27)29(3)47-43(61-53)19-37-33-11-9-31-17-39-41(23-49(31,5)35(33)21-45(57)51(37,47)7)55-40-18-32-10-12-34-36(50(32,6)24-42(40)56-39)22-46(58)52(8)38(34)20-44-48(52)30(4)54(62-44)16-14-28(2)26-60-54/h19-20,27-36,43-44,47-48H,9-18,21-26H2,1-8H3/t27-,28-,29+,30+,31+,32+,33-,34-,35+,36+,43+,44+,47+,48+,49+,50+,51-,52-,53-,54-/m1/s1. The summed E-state index contributed by atoms with van der Waals surface area (Å²) in [6.07, 6.45) is 18.6. The fourth-order valence-electron chi connectivity index (χ4n) is 18.6. The summed E-state index contributed by atoms with van der Waals surface area (Å²) in [6, 6.07) is 0. The zero-order chi connectivity index (χ0) is 42.7. The molecule has 0 unspecified atom stereocenters. The summed E-state index contributed by atoms with van der Waals surface area (Å²) in [5, 5.41) is 0. The van der Waals surface area contributed by atoms with Crippen molar-refractivity contribution >= 4 is 11.6 Å². The Bertz CT molecular complexity index is 2060. The van der Waals surface area contributed by atoms with Gasteiger partial charge in [0, 0.05) is 49.4 Å². The number of aromatic nitrogens is 2. The minimum absolute atomic E-state index is 0.0106. The molecule has 4 saturated carbocycles. The van der Waals surface area contributed by atoms with Gasteiger partial charge >= 0.3 is 0 Å². The molecule has 4 aliphatic heterocycles. The van der Waals surface area contributed by atoms with E-state index < -0.39 is 22.4 Å². The summed E-state index contributed by atoms with van der Waals surface area (Å²) in [7, 11) is 0. The number of carbonyl (C=O) groups is 2. The van der Waals surface area contributed by atoms with Gasteiger partial charge in [-0.25, -0.2) is 0 Å². The average Bonchev–Trinajstić information content (AvgIpc) is 3.89. The number of ketones is 2. The van der Waals surface area contributed by atoms with Crippen molar-refractivity contribution in [1.29, 1.82) is 0 Å². The van der Waals surface area contributed by atoms with Crippen LogP contribution in [0, 0.1) is 92.7 Å². The number of nitrogens with zero attached hydrogens (tertiary/aromatic N) is 2. The number of hydrogen-bond donors (Lipinski definition) is 0. The summed E-state index contributed by atoms with van der Waals surface area (Å²) in [6.45, 7) is 20.2. The third-order valence-electron chi connectivity index (χ3n) is 22.4. The first-order chi connectivity index (χ1) is 29.5. The number of Topliss-reactive ketones (excluding diaryl/α,β-unsaturated/α-hetero) is 2. The summed E-state index contributed by atoms with van der Waals surface area (Å²) < 4.78 is 26.9. The van der Waals surface area contributed by atoms with Crippen molar-refractivity contribution in [2.75, 3.05) is 13.2 Å². The lowest BCUT2D eigenvalue weighted by molar-refractivity contribution is -0.265. The quantitative estimate of drug-likeness (QED) is 0.239. The smallest absolute Gasteiger partial charge is 0.172 e. The maximum atomic E-state index is 14.8. The van der Waals surface area contributed by atoms with E-state index in [4.69, 9.17) is 28.9 Å². The van der Waals surface area contributed by atoms with Crippen molar-refractivity contribution in [3.8, 4) is 0 Å². The second-order valence-electron chi connectivity index (χ2n) is 25.0. The van der Waals surface area contributed by atoms with Crippen LogP contribution in [0.3, 0.4) is 0 Å². The molecule has 1 aromatic rings. The molecule has 8 aliphatic carbocycles. The highest BCUT2D eigenvalue weighted by molar-refractivity contribution is 5.91. The molecule has 8 nitrogen and oxygen atoms in total. The van der Waals surface area contributed by atoms with Gasteiger partial charge in [0.15, 0.2) is 11.6 Å². The van der Waals surface area contributed by atoms with E-state index in [1.54, 1.807) is 0 Å². The zero-order valence-electron chi connectivity index (χ0n) is 38.9. The number of rotatable bonds is 0. The fourth-order valence-corrected chi connectivity index (χ4v) is 18.6. The Balaban J connectivity index is 0.764. The largest absolute Gasteiger partial charge is 0.349 e. The van der Waals surface area contributed by atoms with Crippen LogP contribution in [-0.4, -0.2) is 58.5 Å². The number of fused-ring (bicyclic) bond motifs is 16. The molecule has 2 spiro atoms. The van der Waals surface area contributed by atoms with E-state index in [9.17, 15) is 9.59 Å². The summed E-state index contributed by atoms with van der Waals surface area (Å²) >= 11 is 0. The van der Waals surface area contributed by atoms with Crippen LogP contribution in [0.5, 0.6) is 0 Å². The lowest BCUT2D eigenvalue weighted by Gasteiger charge is -2.59. The van der Waals surface area contributed by atoms with E-state index in [2.05, 4.69) is 67.5 Å². The monoisotopic (exact) mass is 845 g/mol. The molecule has 1 aromatic heterocycles. The first-order valence-corrected chi connectivity index (χ1v) is 25.5. The van der Waals surface area contributed by atoms with Crippen molar-refractivity contribution in [2.24, 2.45) is 92.7 Å². The van der Waals surface area contributed by atoms with Crippen molar-refractivity contribution in [3.63, 3.8) is 0 Å². The normalized spacial score (nSPS) is 55.4. The van der Waals surface area contributed by atoms with Crippen molar-refractivity contribution < 1.29 is 28.5 Å². The second-order valence-corrected chi connectivity index (χ2v) is 25.0. The summed E-state index contributed by atoms with van der Waals surface area (Å²) in [5.74, 6) is 4.08. The van der Waals surface area contributed by atoms with E-state index in [1.165, 1.54) is 46.8 Å². The molecule has 334 valence electrons. The minimum atomic E-state index is -0.543. The molecule has 20 atom stereocenters. The van der Waals surface area contributed by atoms with Crippen molar-refractivity contribution in [2.45, 2.75) is 169 Å². The van der Waals surface area contributed by atoms with Crippen LogP contribution in [0.4, 0.5) is 0 Å². The van der Waals surface area contributed by atoms with E-state index >= 15 is 0 Å². The molecular weight excluding hydrogens is 773 g/mol. The third kappa shape index (κ3) is 4.85. The van der Waals surface area contributed by atoms with Crippen molar-refractivity contribution in [1.82, 2.24) is 9.97 Å². The van der Waals surface area contributed by atoms with Crippen LogP contribution < -0.4 is 0 Å². The summed E-state index contributed by atoms with van der Waals surface area (Å²) in [4.78, 5) is 40.9. The van der Waals surface area contributed by atoms with Gasteiger partial charge in [-0.3, -0.25) is 19.6 Å². The molecule has 0 radical (unpaired) electrons. The van der Waals surface area contributed by atoms with Gasteiger partial charge in [-0.15, -0.1) is 0 Å². The van der Waals surface area contributed by atoms with E-state index in [0.29, 0.717) is 71.8 Å². The Kier molecular flexibility index (Phi) is 8.26. The van der Waals surface area contributed by atoms with Crippen LogP contribution in [0.1, 0.15) is 142 Å². The Morgan fingerprint density at radius 3 is 1.35 bits per heavy atom. The first kappa shape index (κ1) is 40.1. The second kappa shape index (κ2) is 12.8. The highest BCUT2D eigenvalue weighted by Gasteiger charge is 2.71. The van der Waals surface area contributed by atoms with Crippen LogP contribution in [0.2, 0.25) is 0 Å². The van der Waals surface area contributed by atoms with Crippen LogP contribution >= 0.6 is 0 Å². The van der Waals surface area contributed by atoms with Gasteiger partial charge in [-0.1, -0.05) is 64.8 Å². The molecule has 4 saturated heterocycles. The minimum Gasteiger partial charge on any atom is -0.349 e. The zero-order valence-corrected chi connectivity index (χ0v) is 38.9. The van der Waals surface area contributed by atoms with Gasteiger partial charge in [0.05, 0.1) is 59.0 Å². The lowest BCUT2D eigenvalue weighted by Crippen LogP contribution is -2.57. The topological polar surface area (TPSA) is 96.8 Å². The van der Waals surface area contributed by atoms with Crippen molar-refractivity contribution in [3.05, 3.63) is 46.1 Å². The number of allylic oxidation sites excluding steroid dienone is 2. The third-order valence-corrected chi connectivity index (χ3v) is 22.4. The molecule has 12 aliphatic rings. The Hall–Kier alpha value is -2.26. The van der Waals surface area contributed by atoms with Gasteiger partial charge in [0.2, 0.25) is 0 Å². The van der Waals surface area contributed by atoms with E-state index in [1.807, 2.05) is 0 Å². The average molecular weight is 845 g/mol. The molecule has 8 fully saturated rings. The van der Waals surface area contributed by atoms with Crippen LogP contribution in [-0.2, 0) is 54.2 Å². The SMILES string of the molecule is C[C@@H]1CC[C@@]2(OC1)O[C@H]1C=C3[C@@H]4CC[C@H]5Cc6nc7c(nc6C[C@]5(C)[C@H]4CC(=O)[C@]3(C)[C@H]1[C@@H]2C)C[C@@H]1CC[C@H]2C3=C[C@@H]4O[C@]5(CC[C@@H](C)CO5)[C@@H](C)[C@@H]4[C@@]3(C)C(=O)C[C@@H]2[C@@]1(C)C7.